The van der Waals surface area contributed by atoms with Gasteiger partial charge in [0, 0.05) is 17.3 Å². The molecule has 0 bridgehead atoms. The van der Waals surface area contributed by atoms with Crippen molar-refractivity contribution in [3.63, 3.8) is 0 Å². The predicted octanol–water partition coefficient (Wildman–Crippen LogP) is 3.11. The van der Waals surface area contributed by atoms with Gasteiger partial charge in [-0.3, -0.25) is 9.78 Å². The molecule has 0 aliphatic rings. The third-order valence-electron chi connectivity index (χ3n) is 3.80. The van der Waals surface area contributed by atoms with E-state index in [9.17, 15) is 4.79 Å². The highest BCUT2D eigenvalue weighted by Gasteiger charge is 2.04. The van der Waals surface area contributed by atoms with Crippen LogP contribution in [0, 0.1) is 13.8 Å². The van der Waals surface area contributed by atoms with Crippen LogP contribution in [0.3, 0.4) is 0 Å². The highest BCUT2D eigenvalue weighted by molar-refractivity contribution is 5.93. The molecule has 0 atom stereocenters. The van der Waals surface area contributed by atoms with Gasteiger partial charge in [-0.1, -0.05) is 36.4 Å². The number of rotatable bonds is 3. The summed E-state index contributed by atoms with van der Waals surface area (Å²) in [5.74, 6) is 0.303. The topological polar surface area (TPSA) is 96.2 Å². The Labute approximate surface area is 145 Å². The van der Waals surface area contributed by atoms with E-state index >= 15 is 0 Å². The first-order chi connectivity index (χ1) is 12.0. The highest BCUT2D eigenvalue weighted by Crippen LogP contribution is 2.17. The number of guanidine groups is 1. The Bertz CT molecular complexity index is 977. The SMILES string of the molecule is Cc1ccc(N/C(N)=N/c2nc(-c3ccccc3)cc(=O)[nH]2)cc1C. The van der Waals surface area contributed by atoms with Crippen LogP contribution in [-0.2, 0) is 0 Å². The molecule has 4 N–H and O–H groups in total. The average Bonchev–Trinajstić information content (AvgIpc) is 2.58. The first-order valence-electron chi connectivity index (χ1n) is 7.86. The van der Waals surface area contributed by atoms with Gasteiger partial charge in [0.2, 0.25) is 11.9 Å². The summed E-state index contributed by atoms with van der Waals surface area (Å²) in [6, 6.07) is 16.8. The Morgan fingerprint density at radius 2 is 1.84 bits per heavy atom. The van der Waals surface area contributed by atoms with E-state index < -0.39 is 0 Å². The molecule has 0 saturated carbocycles. The summed E-state index contributed by atoms with van der Waals surface area (Å²) < 4.78 is 0. The van der Waals surface area contributed by atoms with Crippen molar-refractivity contribution in [1.82, 2.24) is 9.97 Å². The average molecular weight is 333 g/mol. The molecule has 1 heterocycles. The van der Waals surface area contributed by atoms with Gasteiger partial charge in [-0.05, 0) is 37.1 Å². The molecule has 0 spiro atoms. The molecule has 0 saturated heterocycles. The smallest absolute Gasteiger partial charge is 0.252 e. The van der Waals surface area contributed by atoms with Crippen LogP contribution in [-0.4, -0.2) is 15.9 Å². The van der Waals surface area contributed by atoms with Gasteiger partial charge >= 0.3 is 0 Å². The summed E-state index contributed by atoms with van der Waals surface area (Å²) in [4.78, 5) is 23.0. The van der Waals surface area contributed by atoms with Crippen molar-refractivity contribution in [2.75, 3.05) is 5.32 Å². The standard InChI is InChI=1S/C19H19N5O/c1-12-8-9-15(10-13(12)2)21-18(20)24-19-22-16(11-17(25)23-19)14-6-4-3-5-7-14/h3-11H,1-2H3,(H4,20,21,22,23,24,25). The Hall–Kier alpha value is -3.41. The number of hydrogen-bond donors (Lipinski definition) is 3. The van der Waals surface area contributed by atoms with Crippen LogP contribution < -0.4 is 16.6 Å². The molecular formula is C19H19N5O. The zero-order valence-corrected chi connectivity index (χ0v) is 14.1. The lowest BCUT2D eigenvalue weighted by Crippen LogP contribution is -2.22. The van der Waals surface area contributed by atoms with Gasteiger partial charge in [0.15, 0.2) is 0 Å². The van der Waals surface area contributed by atoms with E-state index in [0.29, 0.717) is 5.69 Å². The monoisotopic (exact) mass is 333 g/mol. The second kappa shape index (κ2) is 7.00. The fourth-order valence-electron chi connectivity index (χ4n) is 2.36. The summed E-state index contributed by atoms with van der Waals surface area (Å²) in [6.07, 6.45) is 0. The number of nitrogens with zero attached hydrogens (tertiary/aromatic N) is 2. The molecule has 0 aliphatic heterocycles. The molecule has 126 valence electrons. The molecular weight excluding hydrogens is 314 g/mol. The predicted molar refractivity (Wildman–Crippen MR) is 101 cm³/mol. The second-order valence-corrected chi connectivity index (χ2v) is 5.74. The zero-order valence-electron chi connectivity index (χ0n) is 14.1. The number of benzene rings is 2. The van der Waals surface area contributed by atoms with Crippen LogP contribution in [0.4, 0.5) is 11.6 Å². The molecule has 0 unspecified atom stereocenters. The van der Waals surface area contributed by atoms with Gasteiger partial charge in [-0.15, -0.1) is 0 Å². The number of nitrogens with two attached hydrogens (primary N) is 1. The Morgan fingerprint density at radius 3 is 2.56 bits per heavy atom. The molecule has 0 amide bonds. The maximum absolute atomic E-state index is 11.9. The molecule has 0 fully saturated rings. The number of aromatic nitrogens is 2. The number of hydrogen-bond acceptors (Lipinski definition) is 3. The van der Waals surface area contributed by atoms with Crippen molar-refractivity contribution in [2.24, 2.45) is 10.7 Å². The minimum atomic E-state index is -0.286. The van der Waals surface area contributed by atoms with E-state index in [1.165, 1.54) is 11.6 Å². The van der Waals surface area contributed by atoms with Crippen molar-refractivity contribution in [1.29, 1.82) is 0 Å². The van der Waals surface area contributed by atoms with Crippen molar-refractivity contribution in [2.45, 2.75) is 13.8 Å². The Morgan fingerprint density at radius 1 is 1.08 bits per heavy atom. The van der Waals surface area contributed by atoms with E-state index in [2.05, 4.69) is 20.3 Å². The Kier molecular flexibility index (Phi) is 4.61. The van der Waals surface area contributed by atoms with Crippen LogP contribution in [0.5, 0.6) is 0 Å². The minimum absolute atomic E-state index is 0.150. The lowest BCUT2D eigenvalue weighted by Gasteiger charge is -2.08. The van der Waals surface area contributed by atoms with Crippen LogP contribution in [0.15, 0.2) is 64.4 Å². The molecule has 3 rings (SSSR count). The van der Waals surface area contributed by atoms with E-state index in [1.807, 2.05) is 62.4 Å². The third-order valence-corrected chi connectivity index (χ3v) is 3.80. The number of H-pyrrole nitrogens is 1. The highest BCUT2D eigenvalue weighted by atomic mass is 16.1. The summed E-state index contributed by atoms with van der Waals surface area (Å²) in [7, 11) is 0. The number of aryl methyl sites for hydroxylation is 2. The van der Waals surface area contributed by atoms with E-state index in [-0.39, 0.29) is 17.5 Å². The lowest BCUT2D eigenvalue weighted by atomic mass is 10.1. The van der Waals surface area contributed by atoms with Gasteiger partial charge in [-0.25, -0.2) is 4.98 Å². The maximum Gasteiger partial charge on any atom is 0.252 e. The molecule has 1 aromatic heterocycles. The molecule has 3 aromatic rings. The second-order valence-electron chi connectivity index (χ2n) is 5.74. The van der Waals surface area contributed by atoms with E-state index in [0.717, 1.165) is 16.8 Å². The quantitative estimate of drug-likeness (QED) is 0.507. The number of nitrogens with one attached hydrogen (secondary N) is 2. The van der Waals surface area contributed by atoms with Gasteiger partial charge in [0.25, 0.3) is 5.56 Å². The fraction of sp³-hybridized carbons (Fsp3) is 0.105. The normalized spacial score (nSPS) is 11.4. The zero-order chi connectivity index (χ0) is 17.8. The van der Waals surface area contributed by atoms with Crippen molar-refractivity contribution in [3.8, 4) is 11.3 Å². The first-order valence-corrected chi connectivity index (χ1v) is 7.86. The summed E-state index contributed by atoms with van der Waals surface area (Å²) in [5, 5.41) is 3.00. The van der Waals surface area contributed by atoms with Gasteiger partial charge in [0.05, 0.1) is 5.69 Å². The number of anilines is 1. The summed E-state index contributed by atoms with van der Waals surface area (Å²) in [5.41, 5.74) is 10.2. The summed E-state index contributed by atoms with van der Waals surface area (Å²) in [6.45, 7) is 4.07. The minimum Gasteiger partial charge on any atom is -0.369 e. The van der Waals surface area contributed by atoms with Crippen LogP contribution in [0.2, 0.25) is 0 Å². The van der Waals surface area contributed by atoms with E-state index in [4.69, 9.17) is 5.73 Å². The fourth-order valence-corrected chi connectivity index (χ4v) is 2.36. The van der Waals surface area contributed by atoms with Crippen molar-refractivity contribution < 1.29 is 0 Å². The van der Waals surface area contributed by atoms with Gasteiger partial charge in [0.1, 0.15) is 0 Å². The van der Waals surface area contributed by atoms with Gasteiger partial charge in [-0.2, -0.15) is 4.99 Å². The first kappa shape index (κ1) is 16.4. The Balaban J connectivity index is 1.88. The molecule has 25 heavy (non-hydrogen) atoms. The molecule has 6 nitrogen and oxygen atoms in total. The van der Waals surface area contributed by atoms with Crippen LogP contribution in [0.25, 0.3) is 11.3 Å². The van der Waals surface area contributed by atoms with E-state index in [1.54, 1.807) is 0 Å². The number of aliphatic imine (C=N–C) groups is 1. The molecule has 2 aromatic carbocycles. The third kappa shape index (κ3) is 4.11. The number of aromatic amines is 1. The van der Waals surface area contributed by atoms with Crippen molar-refractivity contribution in [3.05, 3.63) is 76.1 Å². The summed E-state index contributed by atoms with van der Waals surface area (Å²) >= 11 is 0. The lowest BCUT2D eigenvalue weighted by molar-refractivity contribution is 1.10. The van der Waals surface area contributed by atoms with Crippen molar-refractivity contribution >= 4 is 17.6 Å². The molecule has 0 radical (unpaired) electrons. The molecule has 0 aliphatic carbocycles. The van der Waals surface area contributed by atoms with Crippen LogP contribution >= 0.6 is 0 Å². The van der Waals surface area contributed by atoms with Gasteiger partial charge < -0.3 is 11.1 Å². The maximum atomic E-state index is 11.9. The van der Waals surface area contributed by atoms with Crippen LogP contribution in [0.1, 0.15) is 11.1 Å². The largest absolute Gasteiger partial charge is 0.369 e. The molecule has 6 heteroatoms.